The monoisotopic (exact) mass is 266 g/mol. The van der Waals surface area contributed by atoms with Gasteiger partial charge in [0.2, 0.25) is 5.91 Å². The number of hydrogen-bond donors (Lipinski definition) is 1. The molecule has 18 heavy (non-hydrogen) atoms. The van der Waals surface area contributed by atoms with E-state index in [0.717, 1.165) is 0 Å². The van der Waals surface area contributed by atoms with E-state index < -0.39 is 17.4 Å². The predicted molar refractivity (Wildman–Crippen MR) is 64.6 cm³/mol. The molecule has 5 nitrogen and oxygen atoms in total. The van der Waals surface area contributed by atoms with Crippen molar-refractivity contribution < 1.29 is 19.8 Å². The van der Waals surface area contributed by atoms with Crippen LogP contribution < -0.4 is 5.11 Å². The van der Waals surface area contributed by atoms with Crippen LogP contribution in [0.1, 0.15) is 17.9 Å². The number of amides is 1. The van der Waals surface area contributed by atoms with Crippen LogP contribution in [0.4, 0.5) is 0 Å². The molecule has 1 amide bonds. The SMILES string of the molecule is CC(=O)N1[C@@H](C(=O)[O-])CS[C@@H]1c1ccccc1O. The van der Waals surface area contributed by atoms with Crippen molar-refractivity contribution in [1.29, 1.82) is 0 Å². The molecule has 0 aromatic heterocycles. The minimum absolute atomic E-state index is 0.0558. The summed E-state index contributed by atoms with van der Waals surface area (Å²) in [4.78, 5) is 23.8. The largest absolute Gasteiger partial charge is 0.548 e. The molecule has 1 aromatic carbocycles. The van der Waals surface area contributed by atoms with Gasteiger partial charge >= 0.3 is 0 Å². The van der Waals surface area contributed by atoms with Crippen LogP contribution in [0.3, 0.4) is 0 Å². The fourth-order valence-corrected chi connectivity index (χ4v) is 3.50. The number of benzene rings is 1. The van der Waals surface area contributed by atoms with Crippen molar-refractivity contribution in [3.63, 3.8) is 0 Å². The number of aromatic hydroxyl groups is 1. The lowest BCUT2D eigenvalue weighted by molar-refractivity contribution is -0.310. The predicted octanol–water partition coefficient (Wildman–Crippen LogP) is 0.105. The Morgan fingerprint density at radius 2 is 2.11 bits per heavy atom. The Morgan fingerprint density at radius 3 is 2.67 bits per heavy atom. The van der Waals surface area contributed by atoms with E-state index in [1.54, 1.807) is 18.2 Å². The second-order valence-corrected chi connectivity index (χ2v) is 5.12. The molecule has 1 aliphatic rings. The van der Waals surface area contributed by atoms with Crippen LogP contribution in [0.25, 0.3) is 0 Å². The van der Waals surface area contributed by atoms with Gasteiger partial charge in [0.1, 0.15) is 11.1 Å². The van der Waals surface area contributed by atoms with Gasteiger partial charge in [-0.1, -0.05) is 18.2 Å². The Morgan fingerprint density at radius 1 is 1.44 bits per heavy atom. The van der Waals surface area contributed by atoms with Gasteiger partial charge in [-0.05, 0) is 6.07 Å². The molecular weight excluding hydrogens is 254 g/mol. The van der Waals surface area contributed by atoms with Gasteiger partial charge in [-0.3, -0.25) is 4.79 Å². The second kappa shape index (κ2) is 4.89. The van der Waals surface area contributed by atoms with E-state index in [4.69, 9.17) is 0 Å². The van der Waals surface area contributed by atoms with Gasteiger partial charge in [0.15, 0.2) is 0 Å². The highest BCUT2D eigenvalue weighted by Gasteiger charge is 2.38. The van der Waals surface area contributed by atoms with E-state index in [-0.39, 0.29) is 17.4 Å². The molecule has 0 unspecified atom stereocenters. The lowest BCUT2D eigenvalue weighted by atomic mass is 10.1. The summed E-state index contributed by atoms with van der Waals surface area (Å²) in [5, 5.41) is 20.3. The topological polar surface area (TPSA) is 80.7 Å². The second-order valence-electron chi connectivity index (χ2n) is 4.01. The number of carboxylic acids is 1. The summed E-state index contributed by atoms with van der Waals surface area (Å²) in [7, 11) is 0. The van der Waals surface area contributed by atoms with Crippen molar-refractivity contribution >= 4 is 23.6 Å². The average molecular weight is 266 g/mol. The minimum Gasteiger partial charge on any atom is -0.548 e. The van der Waals surface area contributed by atoms with Crippen molar-refractivity contribution in [2.45, 2.75) is 18.3 Å². The summed E-state index contributed by atoms with van der Waals surface area (Å²) >= 11 is 1.31. The lowest BCUT2D eigenvalue weighted by Crippen LogP contribution is -2.48. The van der Waals surface area contributed by atoms with Crippen LogP contribution in [-0.4, -0.2) is 33.7 Å². The molecule has 2 atom stereocenters. The fraction of sp³-hybridized carbons (Fsp3) is 0.333. The molecule has 0 spiro atoms. The summed E-state index contributed by atoms with van der Waals surface area (Å²) in [5.41, 5.74) is 0.543. The Hall–Kier alpha value is -1.69. The molecule has 1 aliphatic heterocycles. The van der Waals surface area contributed by atoms with Gasteiger partial charge in [-0.15, -0.1) is 11.8 Å². The smallest absolute Gasteiger partial charge is 0.221 e. The molecule has 0 radical (unpaired) electrons. The Kier molecular flexibility index (Phi) is 3.47. The Bertz CT molecular complexity index is 491. The van der Waals surface area contributed by atoms with E-state index >= 15 is 0 Å². The summed E-state index contributed by atoms with van der Waals surface area (Å²) in [5.74, 6) is -1.29. The molecule has 6 heteroatoms. The van der Waals surface area contributed by atoms with Gasteiger partial charge in [0.25, 0.3) is 0 Å². The number of aliphatic carboxylic acids is 1. The molecule has 0 bridgehead atoms. The zero-order chi connectivity index (χ0) is 13.3. The third-order valence-electron chi connectivity index (χ3n) is 2.84. The van der Waals surface area contributed by atoms with Crippen molar-refractivity contribution in [2.75, 3.05) is 5.75 Å². The number of carboxylic acid groups (broad SMARTS) is 1. The summed E-state index contributed by atoms with van der Waals surface area (Å²) in [6.45, 7) is 1.31. The third-order valence-corrected chi connectivity index (χ3v) is 4.14. The summed E-state index contributed by atoms with van der Waals surface area (Å²) in [6, 6.07) is 5.66. The third kappa shape index (κ3) is 2.15. The molecule has 1 N–H and O–H groups in total. The van der Waals surface area contributed by atoms with Crippen LogP contribution in [0.5, 0.6) is 5.75 Å². The number of carbonyl (C=O) groups excluding carboxylic acids is 2. The Balaban J connectivity index is 2.37. The first-order chi connectivity index (χ1) is 8.52. The van der Waals surface area contributed by atoms with Crippen LogP contribution in [0.2, 0.25) is 0 Å². The number of nitrogens with zero attached hydrogens (tertiary/aromatic N) is 1. The van der Waals surface area contributed by atoms with Gasteiger partial charge < -0.3 is 19.9 Å². The van der Waals surface area contributed by atoms with E-state index in [1.165, 1.54) is 29.7 Å². The molecule has 96 valence electrons. The first kappa shape index (κ1) is 12.8. The van der Waals surface area contributed by atoms with Crippen molar-refractivity contribution in [1.82, 2.24) is 4.90 Å². The number of rotatable bonds is 2. The molecular formula is C12H12NO4S-. The van der Waals surface area contributed by atoms with Gasteiger partial charge in [0.05, 0.1) is 12.0 Å². The number of phenolic OH excluding ortho intramolecular Hbond substituents is 1. The summed E-state index contributed by atoms with van der Waals surface area (Å²) < 4.78 is 0. The highest BCUT2D eigenvalue weighted by Crippen LogP contribution is 2.43. The highest BCUT2D eigenvalue weighted by molar-refractivity contribution is 7.99. The van der Waals surface area contributed by atoms with Crippen LogP contribution >= 0.6 is 11.8 Å². The molecule has 1 fully saturated rings. The van der Waals surface area contributed by atoms with Crippen LogP contribution in [-0.2, 0) is 9.59 Å². The number of phenols is 1. The molecule has 1 heterocycles. The van der Waals surface area contributed by atoms with E-state index in [9.17, 15) is 19.8 Å². The first-order valence-corrected chi connectivity index (χ1v) is 6.46. The van der Waals surface area contributed by atoms with Gasteiger partial charge in [-0.2, -0.15) is 0 Å². The zero-order valence-electron chi connectivity index (χ0n) is 9.70. The van der Waals surface area contributed by atoms with E-state index in [1.807, 2.05) is 0 Å². The quantitative estimate of drug-likeness (QED) is 0.821. The van der Waals surface area contributed by atoms with E-state index in [2.05, 4.69) is 0 Å². The van der Waals surface area contributed by atoms with Crippen LogP contribution in [0.15, 0.2) is 24.3 Å². The first-order valence-electron chi connectivity index (χ1n) is 5.41. The maximum absolute atomic E-state index is 11.6. The van der Waals surface area contributed by atoms with Gasteiger partial charge in [0, 0.05) is 18.2 Å². The van der Waals surface area contributed by atoms with Crippen molar-refractivity contribution in [3.05, 3.63) is 29.8 Å². The lowest BCUT2D eigenvalue weighted by Gasteiger charge is -2.29. The standard InChI is InChI=1S/C12H13NO4S/c1-7(14)13-9(12(16)17)6-18-11(13)8-4-2-3-5-10(8)15/h2-5,9,11,15H,6H2,1H3,(H,16,17)/p-1/t9-,11-/m1/s1. The van der Waals surface area contributed by atoms with Crippen LogP contribution in [0, 0.1) is 0 Å². The zero-order valence-corrected chi connectivity index (χ0v) is 10.5. The number of carbonyl (C=O) groups is 2. The molecule has 0 saturated carbocycles. The molecule has 1 aromatic rings. The normalized spacial score (nSPS) is 23.1. The number of thioether (sulfide) groups is 1. The molecule has 2 rings (SSSR count). The Labute approximate surface area is 108 Å². The fourth-order valence-electron chi connectivity index (χ4n) is 2.01. The van der Waals surface area contributed by atoms with E-state index in [0.29, 0.717) is 5.56 Å². The summed E-state index contributed by atoms with van der Waals surface area (Å²) in [6.07, 6.45) is 0. The number of para-hydroxylation sites is 1. The minimum atomic E-state index is -1.27. The maximum atomic E-state index is 11.6. The average Bonchev–Trinajstić information content (AvgIpc) is 2.74. The van der Waals surface area contributed by atoms with Crippen molar-refractivity contribution in [3.8, 4) is 5.75 Å². The van der Waals surface area contributed by atoms with Gasteiger partial charge in [-0.25, -0.2) is 0 Å². The maximum Gasteiger partial charge on any atom is 0.221 e. The highest BCUT2D eigenvalue weighted by atomic mass is 32.2. The molecule has 1 saturated heterocycles. The molecule has 0 aliphatic carbocycles. The van der Waals surface area contributed by atoms with Crippen molar-refractivity contribution in [2.24, 2.45) is 0 Å². The number of hydrogen-bond acceptors (Lipinski definition) is 5.